The van der Waals surface area contributed by atoms with Crippen LogP contribution in [0.5, 0.6) is 0 Å². The number of hydrogen-bond donors (Lipinski definition) is 1. The summed E-state index contributed by atoms with van der Waals surface area (Å²) in [5.74, 6) is -0.00614. The largest absolute Gasteiger partial charge is 0.461 e. The second kappa shape index (κ2) is 5.65. The Hall–Kier alpha value is -1.17. The van der Waals surface area contributed by atoms with E-state index in [1.807, 2.05) is 16.3 Å². The van der Waals surface area contributed by atoms with Crippen LogP contribution in [0.4, 0.5) is 5.82 Å². The number of hydrogen-bond acceptors (Lipinski definition) is 5. The molecule has 1 fully saturated rings. The number of thioether (sulfide) groups is 1. The van der Waals surface area contributed by atoms with Crippen LogP contribution in [-0.2, 0) is 4.74 Å². The maximum atomic E-state index is 11.6. The van der Waals surface area contributed by atoms with Crippen molar-refractivity contribution >= 4 is 23.5 Å². The Bertz CT molecular complexity index is 433. The van der Waals surface area contributed by atoms with E-state index < -0.39 is 5.97 Å². The molecule has 1 saturated carbocycles. The Morgan fingerprint density at radius 3 is 3.06 bits per heavy atom. The van der Waals surface area contributed by atoms with E-state index in [9.17, 15) is 4.79 Å². The molecule has 0 radical (unpaired) electrons. The highest BCUT2D eigenvalue weighted by Gasteiger charge is 2.28. The van der Waals surface area contributed by atoms with Gasteiger partial charge < -0.3 is 15.0 Å². The maximum absolute atomic E-state index is 11.6. The average Bonchev–Trinajstić information content (AvgIpc) is 2.95. The van der Waals surface area contributed by atoms with Crippen molar-refractivity contribution in [1.29, 1.82) is 0 Å². The molecule has 100 valence electrons. The molecule has 2 atom stereocenters. The van der Waals surface area contributed by atoms with Gasteiger partial charge in [-0.1, -0.05) is 0 Å². The van der Waals surface area contributed by atoms with Crippen molar-refractivity contribution in [1.82, 2.24) is 9.55 Å². The minimum absolute atomic E-state index is 0.240. The van der Waals surface area contributed by atoms with E-state index in [2.05, 4.69) is 11.2 Å². The number of anilines is 1. The van der Waals surface area contributed by atoms with Crippen molar-refractivity contribution in [2.75, 3.05) is 18.6 Å². The number of ether oxygens (including phenoxy) is 1. The smallest absolute Gasteiger partial charge is 0.360 e. The number of imidazole rings is 1. The van der Waals surface area contributed by atoms with E-state index >= 15 is 0 Å². The van der Waals surface area contributed by atoms with Gasteiger partial charge in [-0.05, 0) is 32.4 Å². The molecule has 5 nitrogen and oxygen atoms in total. The van der Waals surface area contributed by atoms with Gasteiger partial charge in [0.05, 0.1) is 12.9 Å². The van der Waals surface area contributed by atoms with Crippen LogP contribution in [-0.4, -0.2) is 33.6 Å². The number of carbonyl (C=O) groups is 1. The molecule has 0 amide bonds. The van der Waals surface area contributed by atoms with Crippen LogP contribution in [0.25, 0.3) is 0 Å². The molecule has 0 bridgehead atoms. The molecule has 1 aliphatic rings. The number of nitrogens with two attached hydrogens (primary N) is 1. The molecule has 1 aromatic rings. The lowest BCUT2D eigenvalue weighted by Crippen LogP contribution is -2.12. The number of rotatable bonds is 4. The van der Waals surface area contributed by atoms with Crippen LogP contribution >= 0.6 is 11.8 Å². The fourth-order valence-corrected chi connectivity index (χ4v) is 3.19. The summed E-state index contributed by atoms with van der Waals surface area (Å²) in [7, 11) is 0. The Morgan fingerprint density at radius 1 is 1.67 bits per heavy atom. The SMILES string of the molecule is CCOC(=O)c1ncn(C2CCC(SC)C2)c1N. The van der Waals surface area contributed by atoms with Crippen molar-refractivity contribution in [3.63, 3.8) is 0 Å². The summed E-state index contributed by atoms with van der Waals surface area (Å²) in [4.78, 5) is 15.7. The first kappa shape index (κ1) is 13.3. The van der Waals surface area contributed by atoms with Crippen LogP contribution in [0.2, 0.25) is 0 Å². The van der Waals surface area contributed by atoms with Gasteiger partial charge in [0.15, 0.2) is 5.69 Å². The van der Waals surface area contributed by atoms with Gasteiger partial charge in [0, 0.05) is 11.3 Å². The van der Waals surface area contributed by atoms with E-state index in [0.29, 0.717) is 23.7 Å². The number of nitrogen functional groups attached to an aromatic ring is 1. The summed E-state index contributed by atoms with van der Waals surface area (Å²) in [6.07, 6.45) is 7.17. The number of nitrogens with zero attached hydrogens (tertiary/aromatic N) is 2. The van der Waals surface area contributed by atoms with Crippen LogP contribution in [0, 0.1) is 0 Å². The zero-order chi connectivity index (χ0) is 13.1. The highest BCUT2D eigenvalue weighted by molar-refractivity contribution is 7.99. The summed E-state index contributed by atoms with van der Waals surface area (Å²) < 4.78 is 6.85. The molecular formula is C12H19N3O2S. The lowest BCUT2D eigenvalue weighted by atomic mass is 10.2. The normalized spacial score (nSPS) is 23.2. The minimum Gasteiger partial charge on any atom is -0.461 e. The molecule has 0 spiro atoms. The van der Waals surface area contributed by atoms with Crippen molar-refractivity contribution in [3.05, 3.63) is 12.0 Å². The third kappa shape index (κ3) is 2.48. The molecule has 0 aliphatic heterocycles. The topological polar surface area (TPSA) is 70.1 Å². The summed E-state index contributed by atoms with van der Waals surface area (Å²) >= 11 is 1.89. The van der Waals surface area contributed by atoms with E-state index in [1.165, 1.54) is 6.42 Å². The van der Waals surface area contributed by atoms with E-state index in [-0.39, 0.29) is 5.69 Å². The predicted octanol–water partition coefficient (Wildman–Crippen LogP) is 2.10. The van der Waals surface area contributed by atoms with Crippen LogP contribution in [0.1, 0.15) is 42.7 Å². The number of esters is 1. The Labute approximate surface area is 111 Å². The van der Waals surface area contributed by atoms with Gasteiger partial charge in [-0.3, -0.25) is 0 Å². The fourth-order valence-electron chi connectivity index (χ4n) is 2.40. The molecule has 1 aromatic heterocycles. The maximum Gasteiger partial charge on any atom is 0.360 e. The summed E-state index contributed by atoms with van der Waals surface area (Å²) in [6.45, 7) is 2.11. The molecule has 1 heterocycles. The van der Waals surface area contributed by atoms with Gasteiger partial charge in [-0.15, -0.1) is 0 Å². The van der Waals surface area contributed by atoms with Gasteiger partial charge in [-0.25, -0.2) is 9.78 Å². The summed E-state index contributed by atoms with van der Waals surface area (Å²) in [5.41, 5.74) is 6.23. The molecular weight excluding hydrogens is 250 g/mol. The number of aromatic nitrogens is 2. The second-order valence-corrected chi connectivity index (χ2v) is 5.57. The third-order valence-corrected chi connectivity index (χ3v) is 4.48. The van der Waals surface area contributed by atoms with Crippen molar-refractivity contribution in [3.8, 4) is 0 Å². The summed E-state index contributed by atoms with van der Waals surface area (Å²) in [5, 5.41) is 0.683. The molecule has 0 saturated heterocycles. The Morgan fingerprint density at radius 2 is 2.44 bits per heavy atom. The zero-order valence-corrected chi connectivity index (χ0v) is 11.6. The fraction of sp³-hybridized carbons (Fsp3) is 0.667. The first-order chi connectivity index (χ1) is 8.67. The Kier molecular flexibility index (Phi) is 4.16. The standard InChI is InChI=1S/C12H19N3O2S/c1-3-17-12(16)10-11(13)15(7-14-10)8-4-5-9(6-8)18-2/h7-9H,3-6,13H2,1-2H3. The van der Waals surface area contributed by atoms with E-state index in [0.717, 1.165) is 12.8 Å². The Balaban J connectivity index is 2.13. The minimum atomic E-state index is -0.437. The quantitative estimate of drug-likeness (QED) is 0.848. The molecule has 6 heteroatoms. The third-order valence-electron chi connectivity index (χ3n) is 3.38. The molecule has 0 aromatic carbocycles. The van der Waals surface area contributed by atoms with Gasteiger partial charge >= 0.3 is 5.97 Å². The molecule has 18 heavy (non-hydrogen) atoms. The van der Waals surface area contributed by atoms with E-state index in [4.69, 9.17) is 10.5 Å². The molecule has 2 N–H and O–H groups in total. The zero-order valence-electron chi connectivity index (χ0n) is 10.8. The molecule has 2 rings (SSSR count). The van der Waals surface area contributed by atoms with Crippen LogP contribution in [0.15, 0.2) is 6.33 Å². The van der Waals surface area contributed by atoms with Crippen molar-refractivity contribution in [2.45, 2.75) is 37.5 Å². The highest BCUT2D eigenvalue weighted by Crippen LogP contribution is 2.37. The highest BCUT2D eigenvalue weighted by atomic mass is 32.2. The molecule has 1 aliphatic carbocycles. The average molecular weight is 269 g/mol. The lowest BCUT2D eigenvalue weighted by Gasteiger charge is -2.13. The lowest BCUT2D eigenvalue weighted by molar-refractivity contribution is 0.0521. The van der Waals surface area contributed by atoms with Gasteiger partial charge in [-0.2, -0.15) is 11.8 Å². The first-order valence-electron chi connectivity index (χ1n) is 6.19. The second-order valence-electron chi connectivity index (χ2n) is 4.43. The monoisotopic (exact) mass is 269 g/mol. The van der Waals surface area contributed by atoms with Crippen molar-refractivity contribution in [2.24, 2.45) is 0 Å². The van der Waals surface area contributed by atoms with E-state index in [1.54, 1.807) is 13.3 Å². The first-order valence-corrected chi connectivity index (χ1v) is 7.48. The predicted molar refractivity (Wildman–Crippen MR) is 72.8 cm³/mol. The van der Waals surface area contributed by atoms with Crippen LogP contribution < -0.4 is 5.73 Å². The van der Waals surface area contributed by atoms with Gasteiger partial charge in [0.1, 0.15) is 5.82 Å². The van der Waals surface area contributed by atoms with Gasteiger partial charge in [0.25, 0.3) is 0 Å². The number of carbonyl (C=O) groups excluding carboxylic acids is 1. The molecule has 2 unspecified atom stereocenters. The van der Waals surface area contributed by atoms with Crippen LogP contribution in [0.3, 0.4) is 0 Å². The summed E-state index contributed by atoms with van der Waals surface area (Å²) in [6, 6.07) is 0.359. The van der Waals surface area contributed by atoms with Gasteiger partial charge in [0.2, 0.25) is 0 Å². The van der Waals surface area contributed by atoms with Crippen molar-refractivity contribution < 1.29 is 9.53 Å².